The molecular formula is C15H25NO3. The first-order valence-corrected chi connectivity index (χ1v) is 6.95. The first kappa shape index (κ1) is 15.8. The van der Waals surface area contributed by atoms with Crippen LogP contribution in [0.1, 0.15) is 26.7 Å². The van der Waals surface area contributed by atoms with Gasteiger partial charge in [-0.05, 0) is 25.5 Å². The van der Waals surface area contributed by atoms with Crippen LogP contribution in [0.2, 0.25) is 0 Å². The van der Waals surface area contributed by atoms with Crippen molar-refractivity contribution in [2.75, 3.05) is 26.4 Å². The zero-order chi connectivity index (χ0) is 13.9. The lowest BCUT2D eigenvalue weighted by molar-refractivity contribution is 0.106. The van der Waals surface area contributed by atoms with Gasteiger partial charge in [0.15, 0.2) is 11.5 Å². The van der Waals surface area contributed by atoms with Crippen molar-refractivity contribution in [1.29, 1.82) is 0 Å². The SMILES string of the molecule is CCOc1ccccc1OCCCOCC(N)CC. The zero-order valence-electron chi connectivity index (χ0n) is 11.9. The van der Waals surface area contributed by atoms with Crippen molar-refractivity contribution in [3.05, 3.63) is 24.3 Å². The standard InChI is InChI=1S/C15H25NO3/c1-3-13(16)12-17-10-7-11-19-15-9-6-5-8-14(15)18-4-2/h5-6,8-9,13H,3-4,7,10-12,16H2,1-2H3. The third-order valence-corrected chi connectivity index (χ3v) is 2.70. The van der Waals surface area contributed by atoms with Crippen LogP contribution in [-0.4, -0.2) is 32.5 Å². The van der Waals surface area contributed by atoms with E-state index >= 15 is 0 Å². The Hall–Kier alpha value is -1.26. The van der Waals surface area contributed by atoms with Gasteiger partial charge in [-0.15, -0.1) is 0 Å². The molecule has 1 atom stereocenters. The van der Waals surface area contributed by atoms with Crippen LogP contribution in [-0.2, 0) is 4.74 Å². The molecule has 4 nitrogen and oxygen atoms in total. The number of rotatable bonds is 10. The lowest BCUT2D eigenvalue weighted by Gasteiger charge is -2.12. The summed E-state index contributed by atoms with van der Waals surface area (Å²) in [7, 11) is 0. The van der Waals surface area contributed by atoms with Gasteiger partial charge in [0.05, 0.1) is 19.8 Å². The average Bonchev–Trinajstić information content (AvgIpc) is 2.44. The van der Waals surface area contributed by atoms with Crippen molar-refractivity contribution < 1.29 is 14.2 Å². The molecule has 19 heavy (non-hydrogen) atoms. The van der Waals surface area contributed by atoms with E-state index in [1.165, 1.54) is 0 Å². The van der Waals surface area contributed by atoms with Gasteiger partial charge in [0.25, 0.3) is 0 Å². The highest BCUT2D eigenvalue weighted by molar-refractivity contribution is 5.39. The lowest BCUT2D eigenvalue weighted by Crippen LogP contribution is -2.25. The Balaban J connectivity index is 2.18. The fourth-order valence-electron chi connectivity index (χ4n) is 1.54. The normalized spacial score (nSPS) is 12.2. The summed E-state index contributed by atoms with van der Waals surface area (Å²) >= 11 is 0. The predicted octanol–water partition coefficient (Wildman–Crippen LogP) is 2.61. The number of ether oxygens (including phenoxy) is 3. The van der Waals surface area contributed by atoms with E-state index in [4.69, 9.17) is 19.9 Å². The smallest absolute Gasteiger partial charge is 0.161 e. The van der Waals surface area contributed by atoms with Crippen molar-refractivity contribution in [2.45, 2.75) is 32.7 Å². The molecule has 1 aromatic rings. The summed E-state index contributed by atoms with van der Waals surface area (Å²) in [4.78, 5) is 0. The highest BCUT2D eigenvalue weighted by Gasteiger charge is 2.03. The summed E-state index contributed by atoms with van der Waals surface area (Å²) in [6, 6.07) is 7.84. The van der Waals surface area contributed by atoms with Crippen LogP contribution in [0.3, 0.4) is 0 Å². The Morgan fingerprint density at radius 2 is 1.74 bits per heavy atom. The van der Waals surface area contributed by atoms with E-state index in [0.717, 1.165) is 24.3 Å². The number of hydrogen-bond acceptors (Lipinski definition) is 4. The molecule has 1 aromatic carbocycles. The Morgan fingerprint density at radius 1 is 1.05 bits per heavy atom. The van der Waals surface area contributed by atoms with Gasteiger partial charge >= 0.3 is 0 Å². The Labute approximate surface area is 115 Å². The summed E-state index contributed by atoms with van der Waals surface area (Å²) in [5, 5.41) is 0. The molecule has 0 saturated carbocycles. The van der Waals surface area contributed by atoms with Crippen LogP contribution in [0.4, 0.5) is 0 Å². The van der Waals surface area contributed by atoms with Crippen LogP contribution in [0, 0.1) is 0 Å². The third kappa shape index (κ3) is 6.45. The molecule has 0 amide bonds. The lowest BCUT2D eigenvalue weighted by atomic mass is 10.3. The maximum atomic E-state index is 5.76. The number of hydrogen-bond donors (Lipinski definition) is 1. The summed E-state index contributed by atoms with van der Waals surface area (Å²) in [5.41, 5.74) is 5.76. The molecule has 4 heteroatoms. The molecule has 0 aliphatic heterocycles. The first-order chi connectivity index (χ1) is 9.27. The minimum atomic E-state index is 0.139. The second-order valence-electron chi connectivity index (χ2n) is 4.33. The van der Waals surface area contributed by atoms with Crippen LogP contribution >= 0.6 is 0 Å². The molecule has 0 aliphatic carbocycles. The molecule has 0 bridgehead atoms. The Morgan fingerprint density at radius 3 is 2.37 bits per heavy atom. The van der Waals surface area contributed by atoms with Crippen molar-refractivity contribution in [2.24, 2.45) is 5.73 Å². The molecule has 0 fully saturated rings. The summed E-state index contributed by atoms with van der Waals surface area (Å²) < 4.78 is 16.6. The van der Waals surface area contributed by atoms with E-state index in [9.17, 15) is 0 Å². The molecule has 108 valence electrons. The van der Waals surface area contributed by atoms with Crippen molar-refractivity contribution >= 4 is 0 Å². The molecule has 0 heterocycles. The Bertz CT molecular complexity index is 344. The fraction of sp³-hybridized carbons (Fsp3) is 0.600. The van der Waals surface area contributed by atoms with Gasteiger partial charge in [0, 0.05) is 19.1 Å². The number of nitrogens with two attached hydrogens (primary N) is 1. The van der Waals surface area contributed by atoms with Gasteiger partial charge < -0.3 is 19.9 Å². The van der Waals surface area contributed by atoms with Crippen LogP contribution in [0.15, 0.2) is 24.3 Å². The van der Waals surface area contributed by atoms with Crippen molar-refractivity contribution in [1.82, 2.24) is 0 Å². The van der Waals surface area contributed by atoms with Gasteiger partial charge in [-0.25, -0.2) is 0 Å². The third-order valence-electron chi connectivity index (χ3n) is 2.70. The van der Waals surface area contributed by atoms with E-state index in [0.29, 0.717) is 26.4 Å². The zero-order valence-corrected chi connectivity index (χ0v) is 11.9. The largest absolute Gasteiger partial charge is 0.490 e. The van der Waals surface area contributed by atoms with Gasteiger partial charge in [-0.3, -0.25) is 0 Å². The first-order valence-electron chi connectivity index (χ1n) is 6.95. The maximum absolute atomic E-state index is 5.76. The van der Waals surface area contributed by atoms with Gasteiger partial charge in [0.2, 0.25) is 0 Å². The topological polar surface area (TPSA) is 53.7 Å². The molecule has 1 unspecified atom stereocenters. The number of para-hydroxylation sites is 2. The average molecular weight is 267 g/mol. The quantitative estimate of drug-likeness (QED) is 0.662. The van der Waals surface area contributed by atoms with Gasteiger partial charge in [0.1, 0.15) is 0 Å². The van der Waals surface area contributed by atoms with Crippen LogP contribution in [0.25, 0.3) is 0 Å². The van der Waals surface area contributed by atoms with E-state index in [2.05, 4.69) is 6.92 Å². The Kier molecular flexibility index (Phi) is 8.02. The maximum Gasteiger partial charge on any atom is 0.161 e. The highest BCUT2D eigenvalue weighted by Crippen LogP contribution is 2.26. The van der Waals surface area contributed by atoms with Gasteiger partial charge in [-0.1, -0.05) is 19.1 Å². The van der Waals surface area contributed by atoms with Crippen LogP contribution < -0.4 is 15.2 Å². The monoisotopic (exact) mass is 267 g/mol. The van der Waals surface area contributed by atoms with Crippen molar-refractivity contribution in [3.8, 4) is 11.5 Å². The molecule has 1 rings (SSSR count). The van der Waals surface area contributed by atoms with E-state index < -0.39 is 0 Å². The second kappa shape index (κ2) is 9.64. The molecule has 0 radical (unpaired) electrons. The molecule has 0 saturated heterocycles. The molecule has 2 N–H and O–H groups in total. The predicted molar refractivity (Wildman–Crippen MR) is 76.8 cm³/mol. The highest BCUT2D eigenvalue weighted by atomic mass is 16.5. The van der Waals surface area contributed by atoms with E-state index in [1.807, 2.05) is 31.2 Å². The number of benzene rings is 1. The molecule has 0 aliphatic rings. The summed E-state index contributed by atoms with van der Waals surface area (Å²) in [5.74, 6) is 1.58. The fourth-order valence-corrected chi connectivity index (χ4v) is 1.54. The summed E-state index contributed by atoms with van der Waals surface area (Å²) in [6.45, 7) is 6.56. The van der Waals surface area contributed by atoms with E-state index in [1.54, 1.807) is 0 Å². The van der Waals surface area contributed by atoms with E-state index in [-0.39, 0.29) is 6.04 Å². The molecule has 0 aromatic heterocycles. The van der Waals surface area contributed by atoms with Crippen LogP contribution in [0.5, 0.6) is 11.5 Å². The molecular weight excluding hydrogens is 242 g/mol. The minimum Gasteiger partial charge on any atom is -0.490 e. The van der Waals surface area contributed by atoms with Crippen molar-refractivity contribution in [3.63, 3.8) is 0 Å². The van der Waals surface area contributed by atoms with Gasteiger partial charge in [-0.2, -0.15) is 0 Å². The minimum absolute atomic E-state index is 0.139. The second-order valence-corrected chi connectivity index (χ2v) is 4.33. The molecule has 0 spiro atoms. The summed E-state index contributed by atoms with van der Waals surface area (Å²) in [6.07, 6.45) is 1.79.